The molecule has 2 rings (SSSR count). The van der Waals surface area contributed by atoms with E-state index in [0.29, 0.717) is 0 Å². The first kappa shape index (κ1) is 8.42. The predicted molar refractivity (Wildman–Crippen MR) is 54.8 cm³/mol. The van der Waals surface area contributed by atoms with E-state index in [0.717, 1.165) is 11.9 Å². The summed E-state index contributed by atoms with van der Waals surface area (Å²) in [5.41, 5.74) is 0. The van der Waals surface area contributed by atoms with Crippen LogP contribution in [0.5, 0.6) is 0 Å². The lowest BCUT2D eigenvalue weighted by atomic mass is 10.2. The van der Waals surface area contributed by atoms with Crippen LogP contribution in [0.4, 0.5) is 0 Å². The minimum atomic E-state index is 0.739. The van der Waals surface area contributed by atoms with E-state index in [4.69, 9.17) is 0 Å². The first-order valence-electron chi connectivity index (χ1n) is 4.84. The van der Waals surface area contributed by atoms with Crippen molar-refractivity contribution in [1.29, 1.82) is 0 Å². The molecule has 3 heteroatoms. The van der Waals surface area contributed by atoms with Crippen LogP contribution in [0.25, 0.3) is 0 Å². The van der Waals surface area contributed by atoms with Crippen LogP contribution in [0, 0.1) is 0 Å². The smallest absolute Gasteiger partial charge is 0.0858 e. The number of hydrogen-bond donors (Lipinski definition) is 0. The van der Waals surface area contributed by atoms with Gasteiger partial charge in [0.1, 0.15) is 0 Å². The fraction of sp³-hybridized carbons (Fsp3) is 0.889. The normalized spacial score (nSPS) is 30.7. The van der Waals surface area contributed by atoms with Crippen LogP contribution in [0.15, 0.2) is 4.99 Å². The zero-order valence-corrected chi connectivity index (χ0v) is 8.22. The first-order valence-corrected chi connectivity index (χ1v) is 5.89. The molecule has 1 saturated heterocycles. The fourth-order valence-corrected chi connectivity index (χ4v) is 3.10. The minimum absolute atomic E-state index is 0.739. The molecule has 0 bridgehead atoms. The Hall–Kier alpha value is -0.180. The van der Waals surface area contributed by atoms with E-state index in [2.05, 4.69) is 28.0 Å². The summed E-state index contributed by atoms with van der Waals surface area (Å²) in [5, 5.41) is 0.739. The lowest BCUT2D eigenvalue weighted by molar-refractivity contribution is 0.360. The highest BCUT2D eigenvalue weighted by Crippen LogP contribution is 2.27. The van der Waals surface area contributed by atoms with Crippen LogP contribution in [-0.4, -0.2) is 35.5 Å². The molecule has 2 aliphatic heterocycles. The fourth-order valence-electron chi connectivity index (χ4n) is 1.77. The standard InChI is InChI=1S/C9H16N2S/c1-2-7-12-9(4-1)11-6-3-5-10-8-11/h8-9H,1-7H2. The summed E-state index contributed by atoms with van der Waals surface area (Å²) in [6.45, 7) is 2.26. The molecular weight excluding hydrogens is 168 g/mol. The molecule has 12 heavy (non-hydrogen) atoms. The van der Waals surface area contributed by atoms with Gasteiger partial charge in [-0.2, -0.15) is 0 Å². The topological polar surface area (TPSA) is 15.6 Å². The van der Waals surface area contributed by atoms with Crippen molar-refractivity contribution in [2.24, 2.45) is 4.99 Å². The molecule has 0 aromatic carbocycles. The van der Waals surface area contributed by atoms with E-state index in [1.54, 1.807) is 0 Å². The molecule has 0 radical (unpaired) electrons. The lowest BCUT2D eigenvalue weighted by Gasteiger charge is -2.33. The van der Waals surface area contributed by atoms with E-state index in [-0.39, 0.29) is 0 Å². The van der Waals surface area contributed by atoms with Gasteiger partial charge in [-0.05, 0) is 31.4 Å². The lowest BCUT2D eigenvalue weighted by Crippen LogP contribution is -2.36. The van der Waals surface area contributed by atoms with Crippen molar-refractivity contribution in [2.45, 2.75) is 31.1 Å². The van der Waals surface area contributed by atoms with Crippen molar-refractivity contribution < 1.29 is 0 Å². The highest BCUT2D eigenvalue weighted by atomic mass is 32.2. The second kappa shape index (κ2) is 4.17. The molecule has 68 valence electrons. The maximum atomic E-state index is 4.32. The largest absolute Gasteiger partial charge is 0.351 e. The zero-order chi connectivity index (χ0) is 8.23. The summed E-state index contributed by atoms with van der Waals surface area (Å²) in [6, 6.07) is 0. The van der Waals surface area contributed by atoms with Crippen LogP contribution < -0.4 is 0 Å². The zero-order valence-electron chi connectivity index (χ0n) is 7.41. The maximum absolute atomic E-state index is 4.32. The summed E-state index contributed by atoms with van der Waals surface area (Å²) in [4.78, 5) is 6.75. The Bertz CT molecular complexity index is 164. The van der Waals surface area contributed by atoms with Gasteiger partial charge in [-0.1, -0.05) is 0 Å². The van der Waals surface area contributed by atoms with Gasteiger partial charge in [-0.15, -0.1) is 11.8 Å². The number of aliphatic imine (C=N–C) groups is 1. The second-order valence-electron chi connectivity index (χ2n) is 3.43. The van der Waals surface area contributed by atoms with E-state index in [1.165, 1.54) is 38.0 Å². The molecule has 0 amide bonds. The highest BCUT2D eigenvalue weighted by Gasteiger charge is 2.19. The third-order valence-electron chi connectivity index (χ3n) is 2.46. The summed E-state index contributed by atoms with van der Waals surface area (Å²) in [5.74, 6) is 1.34. The Morgan fingerprint density at radius 1 is 1.33 bits per heavy atom. The Morgan fingerprint density at radius 2 is 2.33 bits per heavy atom. The van der Waals surface area contributed by atoms with Gasteiger partial charge in [0.25, 0.3) is 0 Å². The van der Waals surface area contributed by atoms with E-state index >= 15 is 0 Å². The third kappa shape index (κ3) is 1.94. The van der Waals surface area contributed by atoms with Crippen molar-refractivity contribution >= 4 is 18.1 Å². The molecule has 2 aliphatic rings. The van der Waals surface area contributed by atoms with Crippen molar-refractivity contribution in [1.82, 2.24) is 4.90 Å². The van der Waals surface area contributed by atoms with Gasteiger partial charge < -0.3 is 4.90 Å². The molecule has 2 heterocycles. The first-order chi connectivity index (χ1) is 5.97. The molecule has 0 aromatic rings. The van der Waals surface area contributed by atoms with Crippen LogP contribution in [0.2, 0.25) is 0 Å². The second-order valence-corrected chi connectivity index (χ2v) is 4.72. The molecular formula is C9H16N2S. The van der Waals surface area contributed by atoms with Crippen LogP contribution >= 0.6 is 11.8 Å². The van der Waals surface area contributed by atoms with Gasteiger partial charge in [0, 0.05) is 13.1 Å². The molecule has 2 nitrogen and oxygen atoms in total. The molecule has 0 N–H and O–H groups in total. The monoisotopic (exact) mass is 184 g/mol. The number of nitrogens with zero attached hydrogens (tertiary/aromatic N) is 2. The number of hydrogen-bond acceptors (Lipinski definition) is 3. The van der Waals surface area contributed by atoms with Crippen molar-refractivity contribution in [3.8, 4) is 0 Å². The molecule has 1 unspecified atom stereocenters. The van der Waals surface area contributed by atoms with E-state index in [1.807, 2.05) is 0 Å². The van der Waals surface area contributed by atoms with E-state index < -0.39 is 0 Å². The van der Waals surface area contributed by atoms with Gasteiger partial charge >= 0.3 is 0 Å². The molecule has 1 fully saturated rings. The molecule has 1 atom stereocenters. The highest BCUT2D eigenvalue weighted by molar-refractivity contribution is 7.99. The average molecular weight is 184 g/mol. The van der Waals surface area contributed by atoms with Crippen LogP contribution in [0.3, 0.4) is 0 Å². The van der Waals surface area contributed by atoms with Gasteiger partial charge in [-0.3, -0.25) is 4.99 Å². The van der Waals surface area contributed by atoms with Crippen molar-refractivity contribution in [3.63, 3.8) is 0 Å². The number of thioether (sulfide) groups is 1. The predicted octanol–water partition coefficient (Wildman–Crippen LogP) is 1.96. The Morgan fingerprint density at radius 3 is 3.00 bits per heavy atom. The van der Waals surface area contributed by atoms with Gasteiger partial charge in [0.2, 0.25) is 0 Å². The Labute approximate surface area is 78.4 Å². The summed E-state index contributed by atoms with van der Waals surface area (Å²) >= 11 is 2.10. The molecule has 0 saturated carbocycles. The Kier molecular flexibility index (Phi) is 2.93. The van der Waals surface area contributed by atoms with Crippen molar-refractivity contribution in [3.05, 3.63) is 0 Å². The molecule has 0 aromatic heterocycles. The average Bonchev–Trinajstić information content (AvgIpc) is 2.21. The van der Waals surface area contributed by atoms with Gasteiger partial charge in [0.05, 0.1) is 11.7 Å². The molecule has 0 aliphatic carbocycles. The third-order valence-corrected chi connectivity index (χ3v) is 3.87. The minimum Gasteiger partial charge on any atom is -0.351 e. The van der Waals surface area contributed by atoms with Crippen LogP contribution in [-0.2, 0) is 0 Å². The number of rotatable bonds is 1. The Balaban J connectivity index is 1.88. The van der Waals surface area contributed by atoms with Crippen LogP contribution in [0.1, 0.15) is 25.7 Å². The molecule has 0 spiro atoms. The maximum Gasteiger partial charge on any atom is 0.0858 e. The summed E-state index contributed by atoms with van der Waals surface area (Å²) in [7, 11) is 0. The summed E-state index contributed by atoms with van der Waals surface area (Å²) in [6.07, 6.45) is 7.48. The quantitative estimate of drug-likeness (QED) is 0.619. The summed E-state index contributed by atoms with van der Waals surface area (Å²) < 4.78 is 0. The van der Waals surface area contributed by atoms with Gasteiger partial charge in [-0.25, -0.2) is 0 Å². The van der Waals surface area contributed by atoms with E-state index in [9.17, 15) is 0 Å². The van der Waals surface area contributed by atoms with Crippen molar-refractivity contribution in [2.75, 3.05) is 18.8 Å². The van der Waals surface area contributed by atoms with Gasteiger partial charge in [0.15, 0.2) is 0 Å². The SMILES string of the molecule is C1=NCCCN1C1CCCCS1.